The fraction of sp³-hybridized carbons (Fsp3) is 0.231. The third-order valence-corrected chi connectivity index (χ3v) is 3.68. The Morgan fingerprint density at radius 3 is 2.75 bits per heavy atom. The van der Waals surface area contributed by atoms with Crippen molar-refractivity contribution in [1.29, 1.82) is 0 Å². The molecule has 1 aromatic carbocycles. The molecule has 0 fully saturated rings. The minimum atomic E-state index is 0.786. The van der Waals surface area contributed by atoms with E-state index in [1.807, 2.05) is 12.1 Å². The van der Waals surface area contributed by atoms with Crippen molar-refractivity contribution in [3.8, 4) is 0 Å². The molecule has 16 heavy (non-hydrogen) atoms. The van der Waals surface area contributed by atoms with Gasteiger partial charge in [-0.15, -0.1) is 0 Å². The van der Waals surface area contributed by atoms with Crippen LogP contribution in [0, 0.1) is 0 Å². The Bertz CT molecular complexity index is 408. The molecule has 0 amide bonds. The summed E-state index contributed by atoms with van der Waals surface area (Å²) in [6.07, 6.45) is 4.40. The Morgan fingerprint density at radius 2 is 2.06 bits per heavy atom. The molecule has 0 bridgehead atoms. The second-order valence-corrected chi connectivity index (χ2v) is 4.95. The van der Waals surface area contributed by atoms with E-state index in [9.17, 15) is 0 Å². The lowest BCUT2D eigenvalue weighted by molar-refractivity contribution is 0.441. The lowest BCUT2D eigenvalue weighted by atomic mass is 10.2. The number of thioether (sulfide) groups is 1. The van der Waals surface area contributed by atoms with Gasteiger partial charge in [0.2, 0.25) is 0 Å². The topological polar surface area (TPSA) is 3.24 Å². The van der Waals surface area contributed by atoms with Crippen molar-refractivity contribution in [2.24, 2.45) is 0 Å². The van der Waals surface area contributed by atoms with Gasteiger partial charge in [0.25, 0.3) is 0 Å². The fourth-order valence-electron chi connectivity index (χ4n) is 1.53. The van der Waals surface area contributed by atoms with Crippen LogP contribution in [0.15, 0.2) is 41.9 Å². The Kier molecular flexibility index (Phi) is 3.97. The van der Waals surface area contributed by atoms with Crippen molar-refractivity contribution in [2.75, 3.05) is 13.1 Å². The van der Waals surface area contributed by atoms with Gasteiger partial charge in [0, 0.05) is 29.2 Å². The molecule has 0 aliphatic carbocycles. The van der Waals surface area contributed by atoms with E-state index in [-0.39, 0.29) is 0 Å². The summed E-state index contributed by atoms with van der Waals surface area (Å²) >= 11 is 7.64. The summed E-state index contributed by atoms with van der Waals surface area (Å²) in [5.74, 6) is 0. The van der Waals surface area contributed by atoms with Gasteiger partial charge in [0.05, 0.1) is 0 Å². The van der Waals surface area contributed by atoms with E-state index < -0.39 is 0 Å². The van der Waals surface area contributed by atoms with Crippen LogP contribution in [0.1, 0.15) is 12.5 Å². The first kappa shape index (κ1) is 11.6. The van der Waals surface area contributed by atoms with Gasteiger partial charge in [-0.2, -0.15) is 0 Å². The van der Waals surface area contributed by atoms with Gasteiger partial charge < -0.3 is 4.90 Å². The maximum absolute atomic E-state index is 5.88. The van der Waals surface area contributed by atoms with Crippen LogP contribution in [-0.4, -0.2) is 18.0 Å². The van der Waals surface area contributed by atoms with E-state index in [0.29, 0.717) is 0 Å². The zero-order valence-corrected chi connectivity index (χ0v) is 10.8. The molecule has 1 nitrogen and oxygen atoms in total. The highest BCUT2D eigenvalue weighted by Crippen LogP contribution is 2.30. The van der Waals surface area contributed by atoms with E-state index in [1.54, 1.807) is 11.8 Å². The number of hydrogen-bond donors (Lipinski definition) is 0. The molecule has 0 saturated heterocycles. The van der Waals surface area contributed by atoms with Gasteiger partial charge in [-0.1, -0.05) is 41.6 Å². The molecule has 0 spiro atoms. The summed E-state index contributed by atoms with van der Waals surface area (Å²) in [5.41, 5.74) is 1.23. The summed E-state index contributed by atoms with van der Waals surface area (Å²) in [7, 11) is 0. The quantitative estimate of drug-likeness (QED) is 0.774. The molecule has 1 aliphatic rings. The summed E-state index contributed by atoms with van der Waals surface area (Å²) in [6.45, 7) is 4.18. The molecular weight excluding hydrogens is 238 g/mol. The van der Waals surface area contributed by atoms with Gasteiger partial charge in [0.1, 0.15) is 0 Å². The SMILES string of the molecule is CCN1C=CSC(c2ccc(Cl)cc2)=CC1. The molecule has 0 unspecified atom stereocenters. The predicted molar refractivity (Wildman–Crippen MR) is 73.4 cm³/mol. The molecular formula is C13H14ClNS. The van der Waals surface area contributed by atoms with Crippen molar-refractivity contribution in [1.82, 2.24) is 4.90 Å². The minimum Gasteiger partial charge on any atom is -0.373 e. The molecule has 0 N–H and O–H groups in total. The lowest BCUT2D eigenvalue weighted by Crippen LogP contribution is -2.15. The van der Waals surface area contributed by atoms with Crippen LogP contribution in [0.5, 0.6) is 0 Å². The first-order valence-corrected chi connectivity index (χ1v) is 6.59. The Hall–Kier alpha value is -0.860. The smallest absolute Gasteiger partial charge is 0.0406 e. The van der Waals surface area contributed by atoms with Gasteiger partial charge in [-0.05, 0) is 30.0 Å². The van der Waals surface area contributed by atoms with Gasteiger partial charge in [-0.3, -0.25) is 0 Å². The molecule has 1 heterocycles. The van der Waals surface area contributed by atoms with Gasteiger partial charge in [-0.25, -0.2) is 0 Å². The molecule has 1 aliphatic heterocycles. The highest BCUT2D eigenvalue weighted by atomic mass is 35.5. The van der Waals surface area contributed by atoms with Gasteiger partial charge >= 0.3 is 0 Å². The molecule has 0 aromatic heterocycles. The van der Waals surface area contributed by atoms with Crippen molar-refractivity contribution in [2.45, 2.75) is 6.92 Å². The van der Waals surface area contributed by atoms with Crippen LogP contribution in [0.3, 0.4) is 0 Å². The summed E-state index contributed by atoms with van der Waals surface area (Å²) < 4.78 is 0. The largest absolute Gasteiger partial charge is 0.373 e. The average Bonchev–Trinajstić information content (AvgIpc) is 2.55. The van der Waals surface area contributed by atoms with E-state index in [4.69, 9.17) is 11.6 Å². The van der Waals surface area contributed by atoms with E-state index >= 15 is 0 Å². The second-order valence-electron chi connectivity index (χ2n) is 3.57. The number of benzene rings is 1. The minimum absolute atomic E-state index is 0.786. The molecule has 0 atom stereocenters. The Labute approximate surface area is 106 Å². The monoisotopic (exact) mass is 251 g/mol. The number of nitrogens with zero attached hydrogens (tertiary/aromatic N) is 1. The number of hydrogen-bond acceptors (Lipinski definition) is 2. The first-order chi connectivity index (χ1) is 7.79. The fourth-order valence-corrected chi connectivity index (χ4v) is 2.48. The van der Waals surface area contributed by atoms with Crippen molar-refractivity contribution < 1.29 is 0 Å². The highest BCUT2D eigenvalue weighted by Gasteiger charge is 2.05. The first-order valence-electron chi connectivity index (χ1n) is 5.33. The van der Waals surface area contributed by atoms with Crippen molar-refractivity contribution >= 4 is 28.3 Å². The molecule has 1 aromatic rings. The van der Waals surface area contributed by atoms with Crippen LogP contribution < -0.4 is 0 Å². The lowest BCUT2D eigenvalue weighted by Gasteiger charge is -2.13. The maximum Gasteiger partial charge on any atom is 0.0406 e. The van der Waals surface area contributed by atoms with Crippen LogP contribution in [-0.2, 0) is 0 Å². The third kappa shape index (κ3) is 2.83. The van der Waals surface area contributed by atoms with Crippen molar-refractivity contribution in [3.63, 3.8) is 0 Å². The maximum atomic E-state index is 5.88. The van der Waals surface area contributed by atoms with Crippen LogP contribution >= 0.6 is 23.4 Å². The number of likely N-dealkylation sites (N-methyl/N-ethyl adjacent to an activating group) is 1. The molecule has 3 heteroatoms. The number of rotatable bonds is 2. The predicted octanol–water partition coefficient (Wildman–Crippen LogP) is 4.22. The highest BCUT2D eigenvalue weighted by molar-refractivity contribution is 8.10. The van der Waals surface area contributed by atoms with E-state index in [0.717, 1.165) is 18.1 Å². The van der Waals surface area contributed by atoms with Crippen LogP contribution in [0.25, 0.3) is 4.91 Å². The standard InChI is InChI=1S/C13H14ClNS/c1-2-15-8-7-13(16-10-9-15)11-3-5-12(14)6-4-11/h3-7,9-10H,2,8H2,1H3. The summed E-state index contributed by atoms with van der Waals surface area (Å²) in [4.78, 5) is 3.57. The zero-order chi connectivity index (χ0) is 11.4. The summed E-state index contributed by atoms with van der Waals surface area (Å²) in [5, 5.41) is 2.92. The van der Waals surface area contributed by atoms with E-state index in [2.05, 4.69) is 41.6 Å². The zero-order valence-electron chi connectivity index (χ0n) is 9.19. The normalized spacial score (nSPS) is 15.9. The molecule has 2 rings (SSSR count). The second kappa shape index (κ2) is 5.46. The van der Waals surface area contributed by atoms with E-state index in [1.165, 1.54) is 10.5 Å². The van der Waals surface area contributed by atoms with Crippen molar-refractivity contribution in [3.05, 3.63) is 52.5 Å². The van der Waals surface area contributed by atoms with Gasteiger partial charge in [0.15, 0.2) is 0 Å². The Morgan fingerprint density at radius 1 is 1.31 bits per heavy atom. The Balaban J connectivity index is 2.19. The average molecular weight is 252 g/mol. The van der Waals surface area contributed by atoms with Crippen LogP contribution in [0.2, 0.25) is 5.02 Å². The molecule has 0 saturated carbocycles. The number of halogens is 1. The summed E-state index contributed by atoms with van der Waals surface area (Å²) in [6, 6.07) is 8.00. The van der Waals surface area contributed by atoms with Crippen LogP contribution in [0.4, 0.5) is 0 Å². The third-order valence-electron chi connectivity index (χ3n) is 2.51. The molecule has 0 radical (unpaired) electrons. The molecule has 84 valence electrons.